The standard InChI is InChI=1S/C28H22O/c1-18-11-13-20-17-21-14-12-19(2)16-25(21)28(24(20)15-18)22-7-3-5-9-26(22)29-27-10-6-4-8-23(27)28/h3-16H,17H2,1-2H3. The molecule has 4 aromatic carbocycles. The Morgan fingerprint density at radius 1 is 0.586 bits per heavy atom. The molecule has 0 N–H and O–H groups in total. The van der Waals surface area contributed by atoms with Crippen molar-refractivity contribution < 1.29 is 4.74 Å². The van der Waals surface area contributed by atoms with E-state index in [4.69, 9.17) is 4.74 Å². The Morgan fingerprint density at radius 2 is 1.07 bits per heavy atom. The summed E-state index contributed by atoms with van der Waals surface area (Å²) in [4.78, 5) is 0. The molecule has 0 amide bonds. The SMILES string of the molecule is Cc1ccc2c(c1)C1(c3cc(C)ccc3C2)c2ccccc2Oc2ccccc21. The van der Waals surface area contributed by atoms with E-state index in [9.17, 15) is 0 Å². The quantitative estimate of drug-likeness (QED) is 0.288. The van der Waals surface area contributed by atoms with Gasteiger partial charge in [0.1, 0.15) is 11.5 Å². The first-order valence-corrected chi connectivity index (χ1v) is 10.2. The lowest BCUT2D eigenvalue weighted by molar-refractivity contribution is 0.432. The van der Waals surface area contributed by atoms with E-state index >= 15 is 0 Å². The molecule has 0 radical (unpaired) electrons. The topological polar surface area (TPSA) is 9.23 Å². The van der Waals surface area contributed by atoms with Gasteiger partial charge in [-0.2, -0.15) is 0 Å². The Morgan fingerprint density at radius 3 is 1.59 bits per heavy atom. The summed E-state index contributed by atoms with van der Waals surface area (Å²) in [5, 5.41) is 0. The molecule has 4 aromatic rings. The highest BCUT2D eigenvalue weighted by molar-refractivity contribution is 5.73. The van der Waals surface area contributed by atoms with E-state index in [1.54, 1.807) is 0 Å². The number of fused-ring (bicyclic) bond motifs is 8. The van der Waals surface area contributed by atoms with Crippen molar-refractivity contribution in [2.24, 2.45) is 0 Å². The van der Waals surface area contributed by atoms with Crippen LogP contribution in [0.3, 0.4) is 0 Å². The van der Waals surface area contributed by atoms with Crippen molar-refractivity contribution in [2.45, 2.75) is 25.7 Å². The summed E-state index contributed by atoms with van der Waals surface area (Å²) >= 11 is 0. The van der Waals surface area contributed by atoms with Crippen molar-refractivity contribution in [1.82, 2.24) is 0 Å². The number of rotatable bonds is 0. The molecule has 1 aliphatic heterocycles. The van der Waals surface area contributed by atoms with Crippen LogP contribution in [0.15, 0.2) is 84.9 Å². The second kappa shape index (κ2) is 5.84. The van der Waals surface area contributed by atoms with Crippen LogP contribution in [0, 0.1) is 13.8 Å². The van der Waals surface area contributed by atoms with Crippen LogP contribution in [0.5, 0.6) is 11.5 Å². The fourth-order valence-electron chi connectivity index (χ4n) is 5.31. The molecule has 2 aliphatic rings. The molecule has 1 heteroatoms. The maximum atomic E-state index is 6.40. The first kappa shape index (κ1) is 16.6. The van der Waals surface area contributed by atoms with Crippen LogP contribution in [-0.4, -0.2) is 0 Å². The predicted molar refractivity (Wildman–Crippen MR) is 117 cm³/mol. The van der Waals surface area contributed by atoms with Gasteiger partial charge in [-0.3, -0.25) is 0 Å². The zero-order chi connectivity index (χ0) is 19.6. The Hall–Kier alpha value is -3.32. The van der Waals surface area contributed by atoms with E-state index in [1.807, 2.05) is 0 Å². The Balaban J connectivity index is 1.86. The van der Waals surface area contributed by atoms with Crippen LogP contribution < -0.4 is 4.74 Å². The first-order chi connectivity index (χ1) is 14.2. The van der Waals surface area contributed by atoms with Crippen LogP contribution in [0.4, 0.5) is 0 Å². The van der Waals surface area contributed by atoms with Crippen molar-refractivity contribution in [3.63, 3.8) is 0 Å². The number of hydrogen-bond donors (Lipinski definition) is 0. The summed E-state index contributed by atoms with van der Waals surface area (Å²) in [5.74, 6) is 1.90. The number of aryl methyl sites for hydroxylation is 2. The van der Waals surface area contributed by atoms with E-state index < -0.39 is 0 Å². The van der Waals surface area contributed by atoms with E-state index in [0.717, 1.165) is 17.9 Å². The third kappa shape index (κ3) is 2.16. The lowest BCUT2D eigenvalue weighted by Gasteiger charge is -2.45. The summed E-state index contributed by atoms with van der Waals surface area (Å²) < 4.78 is 6.40. The molecule has 1 spiro atoms. The summed E-state index contributed by atoms with van der Waals surface area (Å²) in [5.41, 5.74) is 10.3. The molecule has 0 saturated heterocycles. The van der Waals surface area contributed by atoms with E-state index in [-0.39, 0.29) is 5.41 Å². The average Bonchev–Trinajstić information content (AvgIpc) is 2.74. The molecule has 0 aromatic heterocycles. The average molecular weight is 374 g/mol. The summed E-state index contributed by atoms with van der Waals surface area (Å²) in [6.07, 6.45) is 0.970. The zero-order valence-electron chi connectivity index (χ0n) is 16.7. The van der Waals surface area contributed by atoms with Crippen molar-refractivity contribution in [1.29, 1.82) is 0 Å². The highest BCUT2D eigenvalue weighted by Crippen LogP contribution is 2.58. The number of hydrogen-bond acceptors (Lipinski definition) is 1. The molecular weight excluding hydrogens is 352 g/mol. The highest BCUT2D eigenvalue weighted by Gasteiger charge is 2.49. The largest absolute Gasteiger partial charge is 0.457 e. The molecule has 0 atom stereocenters. The van der Waals surface area contributed by atoms with Crippen molar-refractivity contribution >= 4 is 0 Å². The second-order valence-electron chi connectivity index (χ2n) is 8.34. The van der Waals surface area contributed by atoms with Gasteiger partial charge in [-0.25, -0.2) is 0 Å². The summed E-state index contributed by atoms with van der Waals surface area (Å²) in [6.45, 7) is 4.38. The fourth-order valence-corrected chi connectivity index (χ4v) is 5.31. The number of benzene rings is 4. The van der Waals surface area contributed by atoms with Gasteiger partial charge in [0, 0.05) is 11.1 Å². The molecule has 1 aliphatic carbocycles. The normalized spacial score (nSPS) is 15.0. The first-order valence-electron chi connectivity index (χ1n) is 10.2. The maximum absolute atomic E-state index is 6.40. The van der Waals surface area contributed by atoms with Crippen molar-refractivity contribution in [3.05, 3.63) is 129 Å². The molecule has 140 valence electrons. The smallest absolute Gasteiger partial charge is 0.132 e. The maximum Gasteiger partial charge on any atom is 0.132 e. The zero-order valence-corrected chi connectivity index (χ0v) is 16.7. The fraction of sp³-hybridized carbons (Fsp3) is 0.143. The minimum atomic E-state index is -0.355. The minimum Gasteiger partial charge on any atom is -0.457 e. The van der Waals surface area contributed by atoms with Gasteiger partial charge in [-0.05, 0) is 54.7 Å². The molecule has 29 heavy (non-hydrogen) atoms. The monoisotopic (exact) mass is 374 g/mol. The van der Waals surface area contributed by atoms with Gasteiger partial charge >= 0.3 is 0 Å². The summed E-state index contributed by atoms with van der Waals surface area (Å²) in [7, 11) is 0. The number of ether oxygens (including phenoxy) is 1. The van der Waals surface area contributed by atoms with Gasteiger partial charge in [0.2, 0.25) is 0 Å². The summed E-state index contributed by atoms with van der Waals surface area (Å²) in [6, 6.07) is 31.0. The minimum absolute atomic E-state index is 0.355. The molecular formula is C28H22O. The van der Waals surface area contributed by atoms with Gasteiger partial charge in [0.25, 0.3) is 0 Å². The molecule has 0 fully saturated rings. The molecule has 1 heterocycles. The molecule has 0 unspecified atom stereocenters. The molecule has 1 nitrogen and oxygen atoms in total. The number of para-hydroxylation sites is 2. The molecule has 0 saturated carbocycles. The van der Waals surface area contributed by atoms with Crippen LogP contribution in [0.25, 0.3) is 0 Å². The lowest BCUT2D eigenvalue weighted by Crippen LogP contribution is -2.38. The van der Waals surface area contributed by atoms with Crippen LogP contribution in [-0.2, 0) is 11.8 Å². The van der Waals surface area contributed by atoms with Gasteiger partial charge in [-0.15, -0.1) is 0 Å². The van der Waals surface area contributed by atoms with Crippen molar-refractivity contribution in [2.75, 3.05) is 0 Å². The van der Waals surface area contributed by atoms with Crippen LogP contribution in [0.1, 0.15) is 44.5 Å². The third-order valence-corrected chi connectivity index (χ3v) is 6.52. The molecule has 0 bridgehead atoms. The Bertz CT molecular complexity index is 1180. The van der Waals surface area contributed by atoms with Crippen LogP contribution in [0.2, 0.25) is 0 Å². The Kier molecular flexibility index (Phi) is 3.35. The third-order valence-electron chi connectivity index (χ3n) is 6.52. The second-order valence-corrected chi connectivity index (χ2v) is 8.34. The predicted octanol–water partition coefficient (Wildman–Crippen LogP) is 6.70. The lowest BCUT2D eigenvalue weighted by atomic mass is 9.58. The van der Waals surface area contributed by atoms with Crippen molar-refractivity contribution in [3.8, 4) is 11.5 Å². The van der Waals surface area contributed by atoms with Crippen LogP contribution >= 0.6 is 0 Å². The van der Waals surface area contributed by atoms with Gasteiger partial charge in [0.15, 0.2) is 0 Å². The van der Waals surface area contributed by atoms with E-state index in [0.29, 0.717) is 0 Å². The van der Waals surface area contributed by atoms with Gasteiger partial charge < -0.3 is 4.74 Å². The highest BCUT2D eigenvalue weighted by atomic mass is 16.5. The van der Waals surface area contributed by atoms with E-state index in [1.165, 1.54) is 44.5 Å². The Labute approximate surface area is 171 Å². The van der Waals surface area contributed by atoms with Gasteiger partial charge in [0.05, 0.1) is 5.41 Å². The van der Waals surface area contributed by atoms with E-state index in [2.05, 4.69) is 98.8 Å². The van der Waals surface area contributed by atoms with Gasteiger partial charge in [-0.1, -0.05) is 83.9 Å². The molecule has 6 rings (SSSR count).